The standard InChI is InChI=1S/C29H34ClN3O6S/c1-5-17-31-29(35)21(2)32(19-22-11-9-10-14-25(22)30)28(34)20-33(40(36,37)24-12-7-6-8-13-24)23-15-16-26(38-3)27(18-23)39-4/h6-16,18,21H,5,17,19-20H2,1-4H3,(H,31,35)/t21-/m0/s1. The third-order valence-corrected chi connectivity index (χ3v) is 8.44. The van der Waals surface area contributed by atoms with Crippen LogP contribution in [0.1, 0.15) is 25.8 Å². The van der Waals surface area contributed by atoms with Gasteiger partial charge in [-0.2, -0.15) is 0 Å². The topological polar surface area (TPSA) is 105 Å². The second kappa shape index (κ2) is 14.0. The Morgan fingerprint density at radius 1 is 0.950 bits per heavy atom. The molecule has 0 aliphatic rings. The number of carbonyl (C=O) groups excluding carboxylic acids is 2. The Morgan fingerprint density at radius 2 is 1.60 bits per heavy atom. The molecular weight excluding hydrogens is 554 g/mol. The van der Waals surface area contributed by atoms with Crippen molar-refractivity contribution in [1.82, 2.24) is 10.2 Å². The number of amides is 2. The summed E-state index contributed by atoms with van der Waals surface area (Å²) in [5.74, 6) is -0.253. The molecule has 2 amide bonds. The van der Waals surface area contributed by atoms with Gasteiger partial charge in [0.1, 0.15) is 12.6 Å². The lowest BCUT2D eigenvalue weighted by atomic mass is 10.1. The number of hydrogen-bond acceptors (Lipinski definition) is 6. The number of methoxy groups -OCH3 is 2. The van der Waals surface area contributed by atoms with Crippen LogP contribution in [0.3, 0.4) is 0 Å². The molecule has 0 radical (unpaired) electrons. The van der Waals surface area contributed by atoms with Gasteiger partial charge < -0.3 is 19.7 Å². The minimum Gasteiger partial charge on any atom is -0.493 e. The van der Waals surface area contributed by atoms with E-state index in [0.29, 0.717) is 28.6 Å². The van der Waals surface area contributed by atoms with Crippen molar-refractivity contribution < 1.29 is 27.5 Å². The van der Waals surface area contributed by atoms with Crippen LogP contribution < -0.4 is 19.1 Å². The first-order chi connectivity index (χ1) is 19.1. The highest BCUT2D eigenvalue weighted by Gasteiger charge is 2.33. The molecule has 0 fully saturated rings. The van der Waals surface area contributed by atoms with Crippen molar-refractivity contribution in [1.29, 1.82) is 0 Å². The lowest BCUT2D eigenvalue weighted by molar-refractivity contribution is -0.139. The fraction of sp³-hybridized carbons (Fsp3) is 0.310. The molecule has 11 heteroatoms. The number of halogens is 1. The molecular formula is C29H34ClN3O6S. The third-order valence-electron chi connectivity index (χ3n) is 6.28. The molecule has 0 aromatic heterocycles. The number of nitrogens with one attached hydrogen (secondary N) is 1. The maximum absolute atomic E-state index is 14.0. The third kappa shape index (κ3) is 7.25. The summed E-state index contributed by atoms with van der Waals surface area (Å²) in [5, 5.41) is 3.23. The van der Waals surface area contributed by atoms with E-state index in [1.54, 1.807) is 55.5 Å². The van der Waals surface area contributed by atoms with Gasteiger partial charge in [-0.3, -0.25) is 13.9 Å². The van der Waals surface area contributed by atoms with Gasteiger partial charge in [-0.15, -0.1) is 0 Å². The van der Waals surface area contributed by atoms with E-state index in [1.165, 1.54) is 43.4 Å². The van der Waals surface area contributed by atoms with E-state index in [0.717, 1.165) is 10.7 Å². The number of ether oxygens (including phenoxy) is 2. The Kier molecular flexibility index (Phi) is 10.8. The van der Waals surface area contributed by atoms with Crippen LogP contribution in [-0.4, -0.2) is 58.5 Å². The van der Waals surface area contributed by atoms with Crippen molar-refractivity contribution in [3.63, 3.8) is 0 Å². The van der Waals surface area contributed by atoms with E-state index in [9.17, 15) is 18.0 Å². The van der Waals surface area contributed by atoms with Gasteiger partial charge in [-0.25, -0.2) is 8.42 Å². The zero-order valence-electron chi connectivity index (χ0n) is 23.0. The Hall–Kier alpha value is -3.76. The minimum atomic E-state index is -4.21. The van der Waals surface area contributed by atoms with Gasteiger partial charge in [-0.05, 0) is 49.2 Å². The number of benzene rings is 3. The number of sulfonamides is 1. The van der Waals surface area contributed by atoms with Crippen molar-refractivity contribution >= 4 is 39.1 Å². The largest absolute Gasteiger partial charge is 0.493 e. The quantitative estimate of drug-likeness (QED) is 0.316. The van der Waals surface area contributed by atoms with Crippen LogP contribution in [0.15, 0.2) is 77.7 Å². The number of carbonyl (C=O) groups is 2. The molecule has 0 saturated heterocycles. The molecule has 0 saturated carbocycles. The molecule has 0 bridgehead atoms. The lowest BCUT2D eigenvalue weighted by Gasteiger charge is -2.32. The summed E-state index contributed by atoms with van der Waals surface area (Å²) in [6, 6.07) is 18.5. The van der Waals surface area contributed by atoms with Crippen molar-refractivity contribution in [2.75, 3.05) is 31.6 Å². The predicted octanol–water partition coefficient (Wildman–Crippen LogP) is 4.50. The molecule has 0 unspecified atom stereocenters. The minimum absolute atomic E-state index is 0.00368. The van der Waals surface area contributed by atoms with Gasteiger partial charge in [-0.1, -0.05) is 54.9 Å². The fourth-order valence-electron chi connectivity index (χ4n) is 4.02. The maximum Gasteiger partial charge on any atom is 0.264 e. The summed E-state index contributed by atoms with van der Waals surface area (Å²) in [6.07, 6.45) is 0.722. The molecule has 3 aromatic carbocycles. The number of nitrogens with zero attached hydrogens (tertiary/aromatic N) is 2. The van der Waals surface area contributed by atoms with Crippen molar-refractivity contribution in [3.8, 4) is 11.5 Å². The zero-order chi connectivity index (χ0) is 29.3. The molecule has 3 rings (SSSR count). The number of rotatable bonds is 13. The summed E-state index contributed by atoms with van der Waals surface area (Å²) >= 11 is 6.39. The molecule has 0 spiro atoms. The van der Waals surface area contributed by atoms with E-state index in [1.807, 2.05) is 6.92 Å². The van der Waals surface area contributed by atoms with Gasteiger partial charge in [0.15, 0.2) is 11.5 Å². The molecule has 1 atom stereocenters. The van der Waals surface area contributed by atoms with Crippen LogP contribution in [0, 0.1) is 0 Å². The Morgan fingerprint density at radius 3 is 2.23 bits per heavy atom. The van der Waals surface area contributed by atoms with Crippen molar-refractivity contribution in [2.45, 2.75) is 37.8 Å². The van der Waals surface area contributed by atoms with Crippen LogP contribution in [0.2, 0.25) is 5.02 Å². The van der Waals surface area contributed by atoms with E-state index in [4.69, 9.17) is 21.1 Å². The monoisotopic (exact) mass is 587 g/mol. The Balaban J connectivity index is 2.07. The zero-order valence-corrected chi connectivity index (χ0v) is 24.5. The van der Waals surface area contributed by atoms with E-state index in [2.05, 4.69) is 5.32 Å². The van der Waals surface area contributed by atoms with Crippen LogP contribution in [-0.2, 0) is 26.2 Å². The highest BCUT2D eigenvalue weighted by molar-refractivity contribution is 7.92. The smallest absolute Gasteiger partial charge is 0.264 e. The summed E-state index contributed by atoms with van der Waals surface area (Å²) < 4.78 is 39.5. The van der Waals surface area contributed by atoms with Gasteiger partial charge in [0, 0.05) is 24.2 Å². The first-order valence-corrected chi connectivity index (χ1v) is 14.6. The van der Waals surface area contributed by atoms with Crippen molar-refractivity contribution in [3.05, 3.63) is 83.4 Å². The van der Waals surface area contributed by atoms with E-state index < -0.39 is 28.5 Å². The molecule has 0 heterocycles. The summed E-state index contributed by atoms with van der Waals surface area (Å²) in [5.41, 5.74) is 0.812. The lowest BCUT2D eigenvalue weighted by Crippen LogP contribution is -2.51. The van der Waals surface area contributed by atoms with Crippen LogP contribution in [0.4, 0.5) is 5.69 Å². The first kappa shape index (κ1) is 30.8. The molecule has 0 aliphatic heterocycles. The van der Waals surface area contributed by atoms with E-state index in [-0.39, 0.29) is 23.0 Å². The van der Waals surface area contributed by atoms with Crippen LogP contribution in [0.25, 0.3) is 0 Å². The highest BCUT2D eigenvalue weighted by Crippen LogP contribution is 2.34. The second-order valence-corrected chi connectivity index (χ2v) is 11.2. The molecule has 3 aromatic rings. The van der Waals surface area contributed by atoms with Gasteiger partial charge in [0.25, 0.3) is 10.0 Å². The maximum atomic E-state index is 14.0. The Bertz CT molecular complexity index is 1420. The fourth-order valence-corrected chi connectivity index (χ4v) is 5.64. The summed E-state index contributed by atoms with van der Waals surface area (Å²) in [4.78, 5) is 28.2. The number of hydrogen-bond donors (Lipinski definition) is 1. The molecule has 0 aliphatic carbocycles. The highest BCUT2D eigenvalue weighted by atomic mass is 35.5. The average Bonchev–Trinajstić information content (AvgIpc) is 2.97. The van der Waals surface area contributed by atoms with E-state index >= 15 is 0 Å². The molecule has 1 N–H and O–H groups in total. The van der Waals surface area contributed by atoms with Crippen LogP contribution >= 0.6 is 11.6 Å². The average molecular weight is 588 g/mol. The van der Waals surface area contributed by atoms with Gasteiger partial charge in [0.2, 0.25) is 11.8 Å². The molecule has 40 heavy (non-hydrogen) atoms. The Labute approximate surface area is 240 Å². The molecule has 9 nitrogen and oxygen atoms in total. The number of anilines is 1. The summed E-state index contributed by atoms with van der Waals surface area (Å²) in [6.45, 7) is 3.39. The van der Waals surface area contributed by atoms with Crippen molar-refractivity contribution in [2.24, 2.45) is 0 Å². The molecule has 214 valence electrons. The predicted molar refractivity (Wildman–Crippen MR) is 155 cm³/mol. The second-order valence-electron chi connectivity index (χ2n) is 8.94. The SMILES string of the molecule is CCCNC(=O)[C@H](C)N(Cc1ccccc1Cl)C(=O)CN(c1ccc(OC)c(OC)c1)S(=O)(=O)c1ccccc1. The van der Waals surface area contributed by atoms with Gasteiger partial charge >= 0.3 is 0 Å². The first-order valence-electron chi connectivity index (χ1n) is 12.7. The van der Waals surface area contributed by atoms with Crippen LogP contribution in [0.5, 0.6) is 11.5 Å². The normalized spacial score (nSPS) is 11.8. The van der Waals surface area contributed by atoms with Gasteiger partial charge in [0.05, 0.1) is 24.8 Å². The summed E-state index contributed by atoms with van der Waals surface area (Å²) in [7, 11) is -1.30.